The third-order valence-electron chi connectivity index (χ3n) is 4.27. The molecule has 0 unspecified atom stereocenters. The number of hydrogen-bond acceptors (Lipinski definition) is 4. The van der Waals surface area contributed by atoms with Crippen molar-refractivity contribution in [3.63, 3.8) is 0 Å². The topological polar surface area (TPSA) is 91.8 Å². The summed E-state index contributed by atoms with van der Waals surface area (Å²) >= 11 is 0. The van der Waals surface area contributed by atoms with E-state index >= 15 is 0 Å². The molecule has 1 saturated carbocycles. The maximum atomic E-state index is 11.1. The molecule has 1 aromatic carbocycles. The molecule has 1 fully saturated rings. The molecule has 1 aliphatic carbocycles. The molecule has 0 aromatic heterocycles. The smallest absolute Gasteiger partial charge is 0.208 e. The molecule has 0 heterocycles. The van der Waals surface area contributed by atoms with Gasteiger partial charge in [0.2, 0.25) is 10.0 Å². The normalized spacial score (nSPS) is 15.9. The van der Waals surface area contributed by atoms with E-state index in [1.807, 2.05) is 0 Å². The van der Waals surface area contributed by atoms with Gasteiger partial charge in [0.05, 0.1) is 12.4 Å². The van der Waals surface area contributed by atoms with Gasteiger partial charge in [-0.15, -0.1) is 0 Å². The van der Waals surface area contributed by atoms with Gasteiger partial charge in [0.1, 0.15) is 5.75 Å². The highest BCUT2D eigenvalue weighted by Gasteiger charge is 2.18. The van der Waals surface area contributed by atoms with E-state index in [0.717, 1.165) is 30.4 Å². The second-order valence-electron chi connectivity index (χ2n) is 6.65. The first-order valence-electron chi connectivity index (χ1n) is 9.03. The zero-order chi connectivity index (χ0) is 19.0. The number of nitrogens with one attached hydrogen (secondary N) is 3. The van der Waals surface area contributed by atoms with Crippen LogP contribution in [0.2, 0.25) is 0 Å². The molecular weight excluding hydrogens is 352 g/mol. The van der Waals surface area contributed by atoms with E-state index in [-0.39, 0.29) is 0 Å². The molecule has 146 valence electrons. The highest BCUT2D eigenvalue weighted by molar-refractivity contribution is 7.88. The molecule has 2 rings (SSSR count). The van der Waals surface area contributed by atoms with Gasteiger partial charge in [0.25, 0.3) is 0 Å². The van der Waals surface area contributed by atoms with Crippen molar-refractivity contribution in [2.45, 2.75) is 45.3 Å². The Labute approximate surface area is 156 Å². The minimum absolute atomic E-state index is 0.306. The van der Waals surface area contributed by atoms with Crippen molar-refractivity contribution < 1.29 is 13.2 Å². The van der Waals surface area contributed by atoms with Crippen molar-refractivity contribution in [3.05, 3.63) is 29.3 Å². The van der Waals surface area contributed by atoms with E-state index < -0.39 is 10.0 Å². The molecule has 8 heteroatoms. The number of hydrogen-bond donors (Lipinski definition) is 3. The van der Waals surface area contributed by atoms with Gasteiger partial charge in [0.15, 0.2) is 5.96 Å². The van der Waals surface area contributed by atoms with Crippen LogP contribution in [-0.2, 0) is 16.6 Å². The van der Waals surface area contributed by atoms with Gasteiger partial charge >= 0.3 is 0 Å². The number of nitrogens with zero attached hydrogens (tertiary/aromatic N) is 1. The lowest BCUT2D eigenvalue weighted by atomic mass is 10.1. The first-order chi connectivity index (χ1) is 12.4. The van der Waals surface area contributed by atoms with Crippen molar-refractivity contribution in [3.8, 4) is 5.75 Å². The van der Waals surface area contributed by atoms with Gasteiger partial charge < -0.3 is 15.4 Å². The number of ether oxygens (including phenoxy) is 1. The monoisotopic (exact) mass is 382 g/mol. The van der Waals surface area contributed by atoms with E-state index in [4.69, 9.17) is 4.74 Å². The lowest BCUT2D eigenvalue weighted by Crippen LogP contribution is -2.41. The third-order valence-corrected chi connectivity index (χ3v) is 5.00. The molecule has 26 heavy (non-hydrogen) atoms. The third kappa shape index (κ3) is 7.21. The Morgan fingerprint density at radius 1 is 1.23 bits per heavy atom. The van der Waals surface area contributed by atoms with Crippen LogP contribution in [0, 0.1) is 6.92 Å². The maximum absolute atomic E-state index is 11.1. The predicted molar refractivity (Wildman–Crippen MR) is 105 cm³/mol. The van der Waals surface area contributed by atoms with Crippen molar-refractivity contribution in [1.82, 2.24) is 15.4 Å². The lowest BCUT2D eigenvalue weighted by Gasteiger charge is -2.18. The van der Waals surface area contributed by atoms with Crippen molar-refractivity contribution in [2.75, 3.05) is 26.4 Å². The summed E-state index contributed by atoms with van der Waals surface area (Å²) in [5.74, 6) is 1.55. The Morgan fingerprint density at radius 2 is 1.96 bits per heavy atom. The summed E-state index contributed by atoms with van der Waals surface area (Å²) in [5, 5.41) is 6.34. The van der Waals surface area contributed by atoms with E-state index in [2.05, 4.69) is 45.5 Å². The average molecular weight is 383 g/mol. The van der Waals surface area contributed by atoms with Crippen LogP contribution < -0.4 is 20.1 Å². The Morgan fingerprint density at radius 3 is 2.62 bits per heavy atom. The van der Waals surface area contributed by atoms with Crippen LogP contribution in [0.15, 0.2) is 23.2 Å². The van der Waals surface area contributed by atoms with Gasteiger partial charge in [-0.25, -0.2) is 13.1 Å². The van der Waals surface area contributed by atoms with Gasteiger partial charge in [-0.05, 0) is 44.2 Å². The Balaban J connectivity index is 1.88. The van der Waals surface area contributed by atoms with Crippen LogP contribution in [0.3, 0.4) is 0 Å². The molecular formula is C18H30N4O3S. The molecule has 0 radical (unpaired) electrons. The minimum Gasteiger partial charge on any atom is -0.490 e. The van der Waals surface area contributed by atoms with Gasteiger partial charge in [-0.3, -0.25) is 4.99 Å². The number of guanidine groups is 1. The van der Waals surface area contributed by atoms with Crippen LogP contribution in [0.25, 0.3) is 0 Å². The van der Waals surface area contributed by atoms with Gasteiger partial charge in [-0.1, -0.05) is 12.1 Å². The zero-order valence-corrected chi connectivity index (χ0v) is 16.7. The Hall–Kier alpha value is -1.80. The van der Waals surface area contributed by atoms with Crippen LogP contribution in [-0.4, -0.2) is 46.9 Å². The summed E-state index contributed by atoms with van der Waals surface area (Å²) in [6, 6.07) is 6.23. The van der Waals surface area contributed by atoms with Gasteiger partial charge in [0, 0.05) is 32.2 Å². The molecule has 0 atom stereocenters. The lowest BCUT2D eigenvalue weighted by molar-refractivity contribution is 0.207. The highest BCUT2D eigenvalue weighted by Crippen LogP contribution is 2.27. The zero-order valence-electron chi connectivity index (χ0n) is 15.8. The second kappa shape index (κ2) is 9.78. The summed E-state index contributed by atoms with van der Waals surface area (Å²) in [6.45, 7) is 3.40. The van der Waals surface area contributed by atoms with E-state index in [9.17, 15) is 8.42 Å². The Kier molecular flexibility index (Phi) is 7.71. The summed E-state index contributed by atoms with van der Waals surface area (Å²) in [5.41, 5.74) is 2.26. The average Bonchev–Trinajstić information content (AvgIpc) is 3.08. The van der Waals surface area contributed by atoms with Crippen molar-refractivity contribution >= 4 is 16.0 Å². The predicted octanol–water partition coefficient (Wildman–Crippen LogP) is 1.53. The molecule has 0 aliphatic heterocycles. The summed E-state index contributed by atoms with van der Waals surface area (Å²) in [6.07, 6.45) is 6.18. The molecule has 0 saturated heterocycles. The van der Waals surface area contributed by atoms with Crippen LogP contribution in [0.1, 0.15) is 36.8 Å². The quantitative estimate of drug-likeness (QED) is 0.360. The van der Waals surface area contributed by atoms with Crippen molar-refractivity contribution in [1.29, 1.82) is 0 Å². The number of rotatable bonds is 8. The summed E-state index contributed by atoms with van der Waals surface area (Å²) in [7, 11) is -1.49. The largest absolute Gasteiger partial charge is 0.490 e. The van der Waals surface area contributed by atoms with Crippen LogP contribution in [0.5, 0.6) is 5.75 Å². The standard InChI is InChI=1S/C18H30N4O3S/c1-14-8-9-15(17(12-14)25-16-6-4-5-7-16)13-21-18(19-2)20-10-11-22-26(3,23)24/h8-9,12,16,22H,4-7,10-11,13H2,1-3H3,(H2,19,20,21). The molecule has 3 N–H and O–H groups in total. The van der Waals surface area contributed by atoms with E-state index in [0.29, 0.717) is 31.7 Å². The van der Waals surface area contributed by atoms with Gasteiger partial charge in [-0.2, -0.15) is 0 Å². The van der Waals surface area contributed by atoms with E-state index in [1.54, 1.807) is 7.05 Å². The summed E-state index contributed by atoms with van der Waals surface area (Å²) < 4.78 is 30.8. The number of aliphatic imine (C=N–C) groups is 1. The molecule has 7 nitrogen and oxygen atoms in total. The fourth-order valence-corrected chi connectivity index (χ4v) is 3.39. The molecule has 0 spiro atoms. The van der Waals surface area contributed by atoms with E-state index in [1.165, 1.54) is 18.4 Å². The van der Waals surface area contributed by atoms with Crippen LogP contribution in [0.4, 0.5) is 0 Å². The molecule has 1 aliphatic rings. The first-order valence-corrected chi connectivity index (χ1v) is 10.9. The number of aryl methyl sites for hydroxylation is 1. The molecule has 1 aromatic rings. The number of benzene rings is 1. The highest BCUT2D eigenvalue weighted by atomic mass is 32.2. The fourth-order valence-electron chi connectivity index (χ4n) is 2.92. The second-order valence-corrected chi connectivity index (χ2v) is 8.49. The molecule has 0 amide bonds. The molecule has 0 bridgehead atoms. The first kappa shape index (κ1) is 20.5. The van der Waals surface area contributed by atoms with Crippen LogP contribution >= 0.6 is 0 Å². The minimum atomic E-state index is -3.17. The van der Waals surface area contributed by atoms with Crippen molar-refractivity contribution in [2.24, 2.45) is 4.99 Å². The number of sulfonamides is 1. The fraction of sp³-hybridized carbons (Fsp3) is 0.611. The SMILES string of the molecule is CN=C(NCCNS(C)(=O)=O)NCc1ccc(C)cc1OC1CCCC1. The Bertz CT molecular complexity index is 713. The maximum Gasteiger partial charge on any atom is 0.208 e. The summed E-state index contributed by atoms with van der Waals surface area (Å²) in [4.78, 5) is 4.16.